The first-order chi connectivity index (χ1) is 14.8. The number of cyclic esters (lactones) is 1. The van der Waals surface area contributed by atoms with Crippen molar-refractivity contribution in [3.63, 3.8) is 0 Å². The van der Waals surface area contributed by atoms with Gasteiger partial charge < -0.3 is 4.74 Å². The van der Waals surface area contributed by atoms with E-state index in [1.165, 1.54) is 6.07 Å². The highest BCUT2D eigenvalue weighted by Gasteiger charge is 2.51. The van der Waals surface area contributed by atoms with Crippen molar-refractivity contribution in [2.75, 3.05) is 0 Å². The number of carbonyl (C=O) groups excluding carboxylic acids is 1. The van der Waals surface area contributed by atoms with E-state index in [-0.39, 0.29) is 17.0 Å². The Labute approximate surface area is 182 Å². The summed E-state index contributed by atoms with van der Waals surface area (Å²) in [6.07, 6.45) is 0.925. The van der Waals surface area contributed by atoms with Crippen LogP contribution in [0.15, 0.2) is 83.8 Å². The van der Waals surface area contributed by atoms with Crippen LogP contribution in [0.4, 0.5) is 0 Å². The van der Waals surface area contributed by atoms with Crippen LogP contribution in [0, 0.1) is 6.92 Å². The third-order valence-corrected chi connectivity index (χ3v) is 6.99. The number of benzene rings is 3. The maximum absolute atomic E-state index is 13.3. The number of hydrogen-bond donors (Lipinski definition) is 1. The summed E-state index contributed by atoms with van der Waals surface area (Å²) >= 11 is 0. The van der Waals surface area contributed by atoms with Gasteiger partial charge >= 0.3 is 5.97 Å². The Balaban J connectivity index is 1.65. The van der Waals surface area contributed by atoms with E-state index in [1.54, 1.807) is 6.07 Å². The molecule has 1 saturated heterocycles. The Hall–Kier alpha value is -2.96. The van der Waals surface area contributed by atoms with Crippen LogP contribution in [0.1, 0.15) is 35.1 Å². The van der Waals surface area contributed by atoms with Crippen molar-refractivity contribution in [3.8, 4) is 0 Å². The van der Waals surface area contributed by atoms with Crippen LogP contribution in [-0.2, 0) is 31.5 Å². The van der Waals surface area contributed by atoms with E-state index in [0.29, 0.717) is 24.8 Å². The predicted molar refractivity (Wildman–Crippen MR) is 117 cm³/mol. The normalized spacial score (nSPS) is 18.0. The molecule has 1 N–H and O–H groups in total. The second-order valence-corrected chi connectivity index (χ2v) is 9.32. The van der Waals surface area contributed by atoms with Crippen molar-refractivity contribution in [3.05, 3.63) is 101 Å². The molecule has 0 aliphatic carbocycles. The van der Waals surface area contributed by atoms with E-state index in [2.05, 4.69) is 0 Å². The molecule has 0 saturated carbocycles. The van der Waals surface area contributed by atoms with E-state index < -0.39 is 15.5 Å². The molecule has 0 amide bonds. The Morgan fingerprint density at radius 3 is 2.06 bits per heavy atom. The lowest BCUT2D eigenvalue weighted by Crippen LogP contribution is -2.33. The lowest BCUT2D eigenvalue weighted by molar-refractivity contribution is -0.144. The molecule has 1 fully saturated rings. The van der Waals surface area contributed by atoms with Crippen molar-refractivity contribution < 1.29 is 22.5 Å². The van der Waals surface area contributed by atoms with E-state index >= 15 is 0 Å². The predicted octanol–water partition coefficient (Wildman–Crippen LogP) is 4.48. The van der Waals surface area contributed by atoms with Crippen molar-refractivity contribution in [1.29, 1.82) is 0 Å². The standard InChI is InChI=1S/C25H24O5S/c1-18-9-8-14-23(31(27,28)29)22(18)16-15-21-17-25(24(26)30-21,19-10-4-2-5-11-19)20-12-6-3-7-13-20/h2-14,21H,15-17H2,1H3,(H,27,28,29). The molecule has 0 spiro atoms. The summed E-state index contributed by atoms with van der Waals surface area (Å²) in [5.74, 6) is -0.297. The first-order valence-corrected chi connectivity index (χ1v) is 11.6. The molecule has 0 bridgehead atoms. The van der Waals surface area contributed by atoms with E-state index in [4.69, 9.17) is 4.74 Å². The SMILES string of the molecule is Cc1cccc(S(=O)(=O)O)c1CCC1CC(c2ccccc2)(c2ccccc2)C(=O)O1. The lowest BCUT2D eigenvalue weighted by atomic mass is 9.72. The number of esters is 1. The largest absolute Gasteiger partial charge is 0.461 e. The summed E-state index contributed by atoms with van der Waals surface area (Å²) in [7, 11) is -4.33. The third-order valence-electron chi connectivity index (χ3n) is 6.05. The maximum Gasteiger partial charge on any atom is 0.321 e. The number of hydrogen-bond acceptors (Lipinski definition) is 4. The van der Waals surface area contributed by atoms with Gasteiger partial charge in [-0.2, -0.15) is 8.42 Å². The fourth-order valence-electron chi connectivity index (χ4n) is 4.51. The third kappa shape index (κ3) is 4.01. The monoisotopic (exact) mass is 436 g/mol. The molecule has 0 radical (unpaired) electrons. The summed E-state index contributed by atoms with van der Waals surface area (Å²) in [6.45, 7) is 1.81. The summed E-state index contributed by atoms with van der Waals surface area (Å²) in [4.78, 5) is 13.2. The average molecular weight is 437 g/mol. The van der Waals surface area contributed by atoms with Gasteiger partial charge in [0.2, 0.25) is 0 Å². The quantitative estimate of drug-likeness (QED) is 0.455. The second kappa shape index (κ2) is 8.29. The molecule has 31 heavy (non-hydrogen) atoms. The van der Waals surface area contributed by atoms with E-state index in [0.717, 1.165) is 16.7 Å². The minimum atomic E-state index is -4.33. The van der Waals surface area contributed by atoms with Gasteiger partial charge in [0.05, 0.1) is 4.90 Å². The Morgan fingerprint density at radius 1 is 0.935 bits per heavy atom. The highest BCUT2D eigenvalue weighted by molar-refractivity contribution is 7.85. The summed E-state index contributed by atoms with van der Waals surface area (Å²) < 4.78 is 39.0. The number of carbonyl (C=O) groups is 1. The summed E-state index contributed by atoms with van der Waals surface area (Å²) in [5.41, 5.74) is 2.19. The molecule has 1 aliphatic heterocycles. The molecule has 160 valence electrons. The molecular weight excluding hydrogens is 412 g/mol. The van der Waals surface area contributed by atoms with Crippen molar-refractivity contribution in [1.82, 2.24) is 0 Å². The zero-order valence-electron chi connectivity index (χ0n) is 17.2. The van der Waals surface area contributed by atoms with E-state index in [1.807, 2.05) is 73.7 Å². The van der Waals surface area contributed by atoms with Crippen LogP contribution in [-0.4, -0.2) is 25.0 Å². The summed E-state index contributed by atoms with van der Waals surface area (Å²) in [5, 5.41) is 0. The minimum Gasteiger partial charge on any atom is -0.461 e. The zero-order chi connectivity index (χ0) is 22.1. The molecule has 1 heterocycles. The average Bonchev–Trinajstić information content (AvgIpc) is 3.10. The van der Waals surface area contributed by atoms with Gasteiger partial charge in [-0.25, -0.2) is 0 Å². The second-order valence-electron chi connectivity index (χ2n) is 7.93. The fraction of sp³-hybridized carbons (Fsp3) is 0.240. The van der Waals surface area contributed by atoms with Crippen LogP contribution in [0.3, 0.4) is 0 Å². The van der Waals surface area contributed by atoms with E-state index in [9.17, 15) is 17.8 Å². The lowest BCUT2D eigenvalue weighted by Gasteiger charge is -2.26. The molecule has 1 aliphatic rings. The first kappa shape index (κ1) is 21.3. The van der Waals surface area contributed by atoms with Crippen LogP contribution in [0.2, 0.25) is 0 Å². The Bertz CT molecular complexity index is 1150. The highest BCUT2D eigenvalue weighted by Crippen LogP contribution is 2.44. The van der Waals surface area contributed by atoms with Gasteiger partial charge in [0.15, 0.2) is 0 Å². The molecule has 3 aromatic carbocycles. The number of aryl methyl sites for hydroxylation is 1. The van der Waals surface area contributed by atoms with Crippen LogP contribution < -0.4 is 0 Å². The fourth-order valence-corrected chi connectivity index (χ4v) is 5.33. The van der Waals surface area contributed by atoms with Gasteiger partial charge in [-0.1, -0.05) is 72.8 Å². The van der Waals surface area contributed by atoms with Crippen LogP contribution in [0.25, 0.3) is 0 Å². The van der Waals surface area contributed by atoms with Crippen molar-refractivity contribution >= 4 is 16.1 Å². The molecule has 1 unspecified atom stereocenters. The Morgan fingerprint density at radius 2 is 1.52 bits per heavy atom. The van der Waals surface area contributed by atoms with Crippen LogP contribution >= 0.6 is 0 Å². The smallest absolute Gasteiger partial charge is 0.321 e. The molecule has 4 rings (SSSR count). The molecule has 5 nitrogen and oxygen atoms in total. The van der Waals surface area contributed by atoms with Gasteiger partial charge in [0.25, 0.3) is 10.1 Å². The zero-order valence-corrected chi connectivity index (χ0v) is 18.0. The first-order valence-electron chi connectivity index (χ1n) is 10.2. The van der Waals surface area contributed by atoms with Gasteiger partial charge in [0.1, 0.15) is 11.5 Å². The van der Waals surface area contributed by atoms with Crippen molar-refractivity contribution in [2.24, 2.45) is 0 Å². The number of ether oxygens (including phenoxy) is 1. The highest BCUT2D eigenvalue weighted by atomic mass is 32.2. The molecular formula is C25H24O5S. The number of rotatable bonds is 6. The topological polar surface area (TPSA) is 80.7 Å². The van der Waals surface area contributed by atoms with Crippen LogP contribution in [0.5, 0.6) is 0 Å². The minimum absolute atomic E-state index is 0.0887. The van der Waals surface area contributed by atoms with Gasteiger partial charge in [0, 0.05) is 6.42 Å². The molecule has 6 heteroatoms. The Kier molecular flexibility index (Phi) is 5.69. The van der Waals surface area contributed by atoms with Gasteiger partial charge in [-0.05, 0) is 48.1 Å². The molecule has 3 aromatic rings. The van der Waals surface area contributed by atoms with Gasteiger partial charge in [-0.3, -0.25) is 9.35 Å². The summed E-state index contributed by atoms with van der Waals surface area (Å²) in [6, 6.07) is 24.0. The molecule has 1 atom stereocenters. The molecule has 0 aromatic heterocycles. The van der Waals surface area contributed by atoms with Crippen molar-refractivity contribution in [2.45, 2.75) is 42.6 Å². The maximum atomic E-state index is 13.3. The van der Waals surface area contributed by atoms with Gasteiger partial charge in [-0.15, -0.1) is 0 Å².